The van der Waals surface area contributed by atoms with E-state index in [1.165, 1.54) is 0 Å². The van der Waals surface area contributed by atoms with Gasteiger partial charge in [-0.05, 0) is 30.7 Å². The smallest absolute Gasteiger partial charge is 0.161 e. The summed E-state index contributed by atoms with van der Waals surface area (Å²) in [6.45, 7) is 1.71. The molecule has 0 amide bonds. The second-order valence-electron chi connectivity index (χ2n) is 4.61. The van der Waals surface area contributed by atoms with Crippen LogP contribution in [-0.2, 0) is 13.0 Å². The lowest BCUT2D eigenvalue weighted by Crippen LogP contribution is -2.16. The molecule has 0 unspecified atom stereocenters. The highest BCUT2D eigenvalue weighted by atomic mass is 79.9. The Morgan fingerprint density at radius 1 is 1.24 bits per heavy atom. The van der Waals surface area contributed by atoms with Crippen LogP contribution in [0.15, 0.2) is 29.0 Å². The summed E-state index contributed by atoms with van der Waals surface area (Å²) in [4.78, 5) is 7.31. The number of benzene rings is 1. The van der Waals surface area contributed by atoms with Gasteiger partial charge in [0.2, 0.25) is 0 Å². The minimum absolute atomic E-state index is 0.728. The highest BCUT2D eigenvalue weighted by molar-refractivity contribution is 9.10. The van der Waals surface area contributed by atoms with Crippen LogP contribution in [0.2, 0.25) is 0 Å². The number of aryl methyl sites for hydroxylation is 1. The van der Waals surface area contributed by atoms with E-state index in [2.05, 4.69) is 31.2 Å². The summed E-state index contributed by atoms with van der Waals surface area (Å²) in [6.07, 6.45) is 5.62. The fraction of sp³-hybridized carbons (Fsp3) is 0.400. The molecule has 1 aromatic heterocycles. The zero-order valence-corrected chi connectivity index (χ0v) is 13.9. The summed E-state index contributed by atoms with van der Waals surface area (Å²) < 4.78 is 11.6. The predicted molar refractivity (Wildman–Crippen MR) is 85.9 cm³/mol. The van der Waals surface area contributed by atoms with E-state index in [1.54, 1.807) is 20.4 Å². The van der Waals surface area contributed by atoms with Crippen molar-refractivity contribution in [3.63, 3.8) is 0 Å². The van der Waals surface area contributed by atoms with Crippen LogP contribution >= 0.6 is 15.9 Å². The number of nitrogens with one attached hydrogen (secondary N) is 2. The van der Waals surface area contributed by atoms with Crippen LogP contribution in [0, 0.1) is 0 Å². The molecule has 0 saturated heterocycles. The van der Waals surface area contributed by atoms with Crippen molar-refractivity contribution in [2.75, 3.05) is 20.8 Å². The lowest BCUT2D eigenvalue weighted by molar-refractivity contribution is 0.354. The van der Waals surface area contributed by atoms with Gasteiger partial charge < -0.3 is 19.8 Å². The van der Waals surface area contributed by atoms with Crippen molar-refractivity contribution in [3.05, 3.63) is 40.4 Å². The average molecular weight is 354 g/mol. The third-order valence-corrected chi connectivity index (χ3v) is 3.93. The standard InChI is InChI=1S/C15H20BrN3O2/c1-20-13-8-11(12(16)9-14(13)21-2)10-17-5-3-4-15-18-6-7-19-15/h6-9,17H,3-5,10H2,1-2H3,(H,18,19). The Hall–Kier alpha value is -1.53. The van der Waals surface area contributed by atoms with Gasteiger partial charge in [0.15, 0.2) is 11.5 Å². The number of hydrogen-bond donors (Lipinski definition) is 2. The molecule has 0 bridgehead atoms. The highest BCUT2D eigenvalue weighted by Crippen LogP contribution is 2.33. The highest BCUT2D eigenvalue weighted by Gasteiger charge is 2.09. The number of aromatic nitrogens is 2. The lowest BCUT2D eigenvalue weighted by atomic mass is 10.2. The van der Waals surface area contributed by atoms with Crippen molar-refractivity contribution in [2.45, 2.75) is 19.4 Å². The van der Waals surface area contributed by atoms with Gasteiger partial charge in [-0.15, -0.1) is 0 Å². The number of H-pyrrole nitrogens is 1. The van der Waals surface area contributed by atoms with E-state index in [1.807, 2.05) is 18.3 Å². The van der Waals surface area contributed by atoms with Crippen LogP contribution < -0.4 is 14.8 Å². The molecule has 21 heavy (non-hydrogen) atoms. The van der Waals surface area contributed by atoms with E-state index in [-0.39, 0.29) is 0 Å². The molecule has 0 atom stereocenters. The largest absolute Gasteiger partial charge is 0.493 e. The summed E-state index contributed by atoms with van der Waals surface area (Å²) in [5.41, 5.74) is 1.14. The number of hydrogen-bond acceptors (Lipinski definition) is 4. The normalized spacial score (nSPS) is 10.6. The maximum absolute atomic E-state index is 5.32. The third-order valence-electron chi connectivity index (χ3n) is 3.19. The maximum Gasteiger partial charge on any atom is 0.161 e. The number of imidazole rings is 1. The molecule has 6 heteroatoms. The van der Waals surface area contributed by atoms with Crippen molar-refractivity contribution in [1.29, 1.82) is 0 Å². The molecule has 2 rings (SSSR count). The first-order valence-corrected chi connectivity index (χ1v) is 7.63. The maximum atomic E-state index is 5.32. The Balaban J connectivity index is 1.82. The minimum atomic E-state index is 0.728. The molecule has 0 saturated carbocycles. The number of halogens is 1. The fourth-order valence-corrected chi connectivity index (χ4v) is 2.53. The zero-order chi connectivity index (χ0) is 15.1. The first-order chi connectivity index (χ1) is 10.2. The Morgan fingerprint density at radius 3 is 2.67 bits per heavy atom. The summed E-state index contributed by atoms with van der Waals surface area (Å²) >= 11 is 3.56. The SMILES string of the molecule is COc1cc(Br)c(CNCCCc2ncc[nH]2)cc1OC. The van der Waals surface area contributed by atoms with Gasteiger partial charge in [0.25, 0.3) is 0 Å². The fourth-order valence-electron chi connectivity index (χ4n) is 2.07. The molecule has 0 radical (unpaired) electrons. The van der Waals surface area contributed by atoms with E-state index < -0.39 is 0 Å². The summed E-state index contributed by atoms with van der Waals surface area (Å²) in [7, 11) is 3.28. The number of methoxy groups -OCH3 is 2. The van der Waals surface area contributed by atoms with Gasteiger partial charge in [0.05, 0.1) is 14.2 Å². The molecule has 2 aromatic rings. The number of rotatable bonds is 8. The van der Waals surface area contributed by atoms with Crippen molar-refractivity contribution < 1.29 is 9.47 Å². The Bertz CT molecular complexity index is 558. The second kappa shape index (κ2) is 8.05. The van der Waals surface area contributed by atoms with Gasteiger partial charge in [-0.3, -0.25) is 0 Å². The molecule has 114 valence electrons. The Kier molecular flexibility index (Phi) is 6.07. The summed E-state index contributed by atoms with van der Waals surface area (Å²) in [5, 5.41) is 3.43. The van der Waals surface area contributed by atoms with Crippen LogP contribution in [0.4, 0.5) is 0 Å². The predicted octanol–water partition coefficient (Wildman–Crippen LogP) is 2.91. The van der Waals surface area contributed by atoms with E-state index >= 15 is 0 Å². The molecule has 0 aliphatic rings. The Labute approximate surface area is 133 Å². The van der Waals surface area contributed by atoms with Crippen LogP contribution in [0.25, 0.3) is 0 Å². The molecule has 0 fully saturated rings. The minimum Gasteiger partial charge on any atom is -0.493 e. The molecular formula is C15H20BrN3O2. The molecule has 2 N–H and O–H groups in total. The summed E-state index contributed by atoms with van der Waals surface area (Å²) in [5.74, 6) is 2.50. The van der Waals surface area contributed by atoms with Crippen molar-refractivity contribution >= 4 is 15.9 Å². The molecule has 1 aromatic carbocycles. The molecule has 5 nitrogen and oxygen atoms in total. The van der Waals surface area contributed by atoms with E-state index in [4.69, 9.17) is 9.47 Å². The van der Waals surface area contributed by atoms with Crippen molar-refractivity contribution in [2.24, 2.45) is 0 Å². The first-order valence-electron chi connectivity index (χ1n) is 6.84. The quantitative estimate of drug-likeness (QED) is 0.716. The van der Waals surface area contributed by atoms with E-state index in [0.29, 0.717) is 0 Å². The van der Waals surface area contributed by atoms with Crippen molar-refractivity contribution in [3.8, 4) is 11.5 Å². The van der Waals surface area contributed by atoms with Gasteiger partial charge in [-0.2, -0.15) is 0 Å². The van der Waals surface area contributed by atoms with Gasteiger partial charge in [0.1, 0.15) is 5.82 Å². The molecule has 1 heterocycles. The molecular weight excluding hydrogens is 334 g/mol. The van der Waals surface area contributed by atoms with E-state index in [9.17, 15) is 0 Å². The third kappa shape index (κ3) is 4.47. The van der Waals surface area contributed by atoms with Gasteiger partial charge in [-0.25, -0.2) is 4.98 Å². The average Bonchev–Trinajstić information content (AvgIpc) is 3.01. The molecule has 0 spiro atoms. The van der Waals surface area contributed by atoms with Crippen LogP contribution in [0.5, 0.6) is 11.5 Å². The lowest BCUT2D eigenvalue weighted by Gasteiger charge is -2.12. The van der Waals surface area contributed by atoms with Gasteiger partial charge in [-0.1, -0.05) is 15.9 Å². The van der Waals surface area contributed by atoms with Crippen LogP contribution in [0.3, 0.4) is 0 Å². The number of aromatic amines is 1. The number of nitrogens with zero attached hydrogens (tertiary/aromatic N) is 1. The van der Waals surface area contributed by atoms with Gasteiger partial charge in [0, 0.05) is 29.8 Å². The van der Waals surface area contributed by atoms with E-state index in [0.717, 1.165) is 53.3 Å². The van der Waals surface area contributed by atoms with Crippen molar-refractivity contribution in [1.82, 2.24) is 15.3 Å². The van der Waals surface area contributed by atoms with Crippen LogP contribution in [0.1, 0.15) is 17.8 Å². The second-order valence-corrected chi connectivity index (χ2v) is 5.47. The van der Waals surface area contributed by atoms with Crippen LogP contribution in [-0.4, -0.2) is 30.7 Å². The number of ether oxygens (including phenoxy) is 2. The first kappa shape index (κ1) is 15.9. The molecule has 0 aliphatic heterocycles. The van der Waals surface area contributed by atoms with Gasteiger partial charge >= 0.3 is 0 Å². The Morgan fingerprint density at radius 2 is 2.00 bits per heavy atom. The monoisotopic (exact) mass is 353 g/mol. The topological polar surface area (TPSA) is 59.2 Å². The molecule has 0 aliphatic carbocycles. The summed E-state index contributed by atoms with van der Waals surface area (Å²) in [6, 6.07) is 3.92. The zero-order valence-electron chi connectivity index (χ0n) is 12.3.